The number of methoxy groups -OCH3 is 1. The van der Waals surface area contributed by atoms with E-state index in [1.54, 1.807) is 18.3 Å². The van der Waals surface area contributed by atoms with Crippen LogP contribution in [0, 0.1) is 0 Å². The fourth-order valence-electron chi connectivity index (χ4n) is 2.36. The Balaban J connectivity index is 2.50. The van der Waals surface area contributed by atoms with Gasteiger partial charge in [0.25, 0.3) is 0 Å². The number of allylic oxidation sites excluding steroid dienone is 1. The fourth-order valence-corrected chi connectivity index (χ4v) is 3.46. The van der Waals surface area contributed by atoms with E-state index in [1.165, 1.54) is 19.3 Å². The van der Waals surface area contributed by atoms with Gasteiger partial charge in [-0.3, -0.25) is 4.72 Å². The van der Waals surface area contributed by atoms with E-state index in [4.69, 9.17) is 16.3 Å². The number of carbonyl (C=O) groups excluding carboxylic acids is 1. The molecule has 0 aliphatic rings. The molecule has 1 aromatic heterocycles. The maximum atomic E-state index is 12.2. The van der Waals surface area contributed by atoms with Crippen molar-refractivity contribution in [3.63, 3.8) is 0 Å². The van der Waals surface area contributed by atoms with Crippen molar-refractivity contribution in [2.24, 2.45) is 0 Å². The highest BCUT2D eigenvalue weighted by Gasteiger charge is 2.17. The van der Waals surface area contributed by atoms with Gasteiger partial charge in [-0.05, 0) is 24.1 Å². The Labute approximate surface area is 145 Å². The van der Waals surface area contributed by atoms with Crippen molar-refractivity contribution in [3.05, 3.63) is 41.6 Å². The number of sulfonamides is 1. The van der Waals surface area contributed by atoms with E-state index < -0.39 is 16.0 Å². The number of fused-ring (bicyclic) bond motifs is 1. The molecular formula is C16H19ClN2O4S. The standard InChI is InChI=1S/C16H19ClN2O4S/c1-3-11-10-18-15-13(11)8-12(16(20)23-2)9-14(15)19-24(21,22)7-5-4-6-17/h4-5,8-10,18-19H,3,6-7H2,1-2H3. The molecule has 2 rings (SSSR count). The molecular weight excluding hydrogens is 352 g/mol. The first-order chi connectivity index (χ1) is 11.4. The van der Waals surface area contributed by atoms with Crippen LogP contribution in [0.2, 0.25) is 0 Å². The molecule has 0 fully saturated rings. The second-order valence-corrected chi connectivity index (χ2v) is 7.19. The molecule has 0 unspecified atom stereocenters. The number of nitrogens with one attached hydrogen (secondary N) is 2. The van der Waals surface area contributed by atoms with Crippen LogP contribution in [0.15, 0.2) is 30.5 Å². The molecule has 8 heteroatoms. The Morgan fingerprint density at radius 1 is 1.38 bits per heavy atom. The average Bonchev–Trinajstić information content (AvgIpc) is 2.97. The van der Waals surface area contributed by atoms with Gasteiger partial charge in [-0.15, -0.1) is 11.6 Å². The predicted octanol–water partition coefficient (Wildman–Crippen LogP) is 3.05. The van der Waals surface area contributed by atoms with E-state index >= 15 is 0 Å². The molecule has 6 nitrogen and oxygen atoms in total. The Hall–Kier alpha value is -1.99. The third kappa shape index (κ3) is 4.10. The first kappa shape index (κ1) is 18.4. The van der Waals surface area contributed by atoms with Gasteiger partial charge in [-0.25, -0.2) is 13.2 Å². The molecule has 0 saturated carbocycles. The highest BCUT2D eigenvalue weighted by Crippen LogP contribution is 2.29. The van der Waals surface area contributed by atoms with Gasteiger partial charge in [0.1, 0.15) is 0 Å². The minimum absolute atomic E-state index is 0.203. The molecule has 1 heterocycles. The molecule has 2 N–H and O–H groups in total. The van der Waals surface area contributed by atoms with Crippen molar-refractivity contribution in [1.82, 2.24) is 4.98 Å². The Bertz CT molecular complexity index is 872. The number of halogens is 1. The number of esters is 1. The number of anilines is 1. The van der Waals surface area contributed by atoms with Gasteiger partial charge < -0.3 is 9.72 Å². The van der Waals surface area contributed by atoms with Crippen molar-refractivity contribution in [1.29, 1.82) is 0 Å². The monoisotopic (exact) mass is 370 g/mol. The van der Waals surface area contributed by atoms with E-state index in [-0.39, 0.29) is 17.2 Å². The van der Waals surface area contributed by atoms with E-state index in [0.717, 1.165) is 17.4 Å². The van der Waals surface area contributed by atoms with Crippen LogP contribution >= 0.6 is 11.6 Å². The molecule has 0 bridgehead atoms. The summed E-state index contributed by atoms with van der Waals surface area (Å²) in [6, 6.07) is 3.16. The molecule has 0 amide bonds. The normalized spacial score (nSPS) is 12.0. The summed E-state index contributed by atoms with van der Waals surface area (Å²) in [4.78, 5) is 14.9. The second kappa shape index (κ2) is 7.72. The lowest BCUT2D eigenvalue weighted by molar-refractivity contribution is 0.0601. The maximum Gasteiger partial charge on any atom is 0.337 e. The minimum Gasteiger partial charge on any atom is -0.465 e. The Morgan fingerprint density at radius 3 is 2.75 bits per heavy atom. The molecule has 1 aromatic carbocycles. The van der Waals surface area contributed by atoms with Crippen molar-refractivity contribution < 1.29 is 17.9 Å². The number of H-pyrrole nitrogens is 1. The average molecular weight is 371 g/mol. The highest BCUT2D eigenvalue weighted by atomic mass is 35.5. The van der Waals surface area contributed by atoms with Crippen LogP contribution < -0.4 is 4.72 Å². The third-order valence-electron chi connectivity index (χ3n) is 3.51. The summed E-state index contributed by atoms with van der Waals surface area (Å²) in [7, 11) is -2.33. The summed E-state index contributed by atoms with van der Waals surface area (Å²) >= 11 is 5.50. The smallest absolute Gasteiger partial charge is 0.337 e. The summed E-state index contributed by atoms with van der Waals surface area (Å²) in [6.45, 7) is 1.98. The van der Waals surface area contributed by atoms with Crippen molar-refractivity contribution >= 4 is 44.2 Å². The number of aromatic nitrogens is 1. The van der Waals surface area contributed by atoms with Crippen LogP contribution in [-0.4, -0.2) is 38.1 Å². The largest absolute Gasteiger partial charge is 0.465 e. The summed E-state index contributed by atoms with van der Waals surface area (Å²) in [5.74, 6) is -0.485. The number of rotatable bonds is 7. The number of ether oxygens (including phenoxy) is 1. The summed E-state index contributed by atoms with van der Waals surface area (Å²) in [5, 5.41) is 0.786. The van der Waals surface area contributed by atoms with Crippen LogP contribution in [0.3, 0.4) is 0 Å². The number of carbonyl (C=O) groups is 1. The first-order valence-electron chi connectivity index (χ1n) is 7.35. The maximum absolute atomic E-state index is 12.2. The lowest BCUT2D eigenvalue weighted by atomic mass is 10.1. The molecule has 130 valence electrons. The van der Waals surface area contributed by atoms with Gasteiger partial charge in [-0.2, -0.15) is 0 Å². The molecule has 2 aromatic rings. The number of hydrogen-bond acceptors (Lipinski definition) is 4. The zero-order chi connectivity index (χ0) is 17.7. The van der Waals surface area contributed by atoms with Crippen molar-refractivity contribution in [2.75, 3.05) is 23.5 Å². The van der Waals surface area contributed by atoms with Gasteiger partial charge >= 0.3 is 5.97 Å². The summed E-state index contributed by atoms with van der Waals surface area (Å²) in [5.41, 5.74) is 2.21. The highest BCUT2D eigenvalue weighted by molar-refractivity contribution is 7.92. The number of alkyl halides is 1. The molecule has 0 aliphatic heterocycles. The lowest BCUT2D eigenvalue weighted by Gasteiger charge is -2.10. The fraction of sp³-hybridized carbons (Fsp3) is 0.312. The number of benzene rings is 1. The van der Waals surface area contributed by atoms with Gasteiger partial charge in [0.2, 0.25) is 10.0 Å². The number of aromatic amines is 1. The SMILES string of the molecule is CCc1c[nH]c2c(NS(=O)(=O)CC=CCCl)cc(C(=O)OC)cc12. The van der Waals surface area contributed by atoms with Gasteiger partial charge in [0, 0.05) is 17.5 Å². The van der Waals surface area contributed by atoms with Gasteiger partial charge in [0.15, 0.2) is 0 Å². The van der Waals surface area contributed by atoms with Gasteiger partial charge in [0.05, 0.1) is 29.6 Å². The summed E-state index contributed by atoms with van der Waals surface area (Å²) < 4.78 is 31.7. The summed E-state index contributed by atoms with van der Waals surface area (Å²) in [6.07, 6.45) is 5.58. The van der Waals surface area contributed by atoms with Crippen LogP contribution in [0.25, 0.3) is 10.9 Å². The number of aryl methyl sites for hydroxylation is 1. The Kier molecular flexibility index (Phi) is 5.90. The third-order valence-corrected chi connectivity index (χ3v) is 4.85. The van der Waals surface area contributed by atoms with E-state index in [0.29, 0.717) is 11.2 Å². The molecule has 0 saturated heterocycles. The molecule has 0 atom stereocenters. The lowest BCUT2D eigenvalue weighted by Crippen LogP contribution is -2.16. The first-order valence-corrected chi connectivity index (χ1v) is 9.54. The Morgan fingerprint density at radius 2 is 2.12 bits per heavy atom. The van der Waals surface area contributed by atoms with Crippen LogP contribution in [-0.2, 0) is 21.2 Å². The molecule has 0 spiro atoms. The van der Waals surface area contributed by atoms with Crippen molar-refractivity contribution in [2.45, 2.75) is 13.3 Å². The van der Waals surface area contributed by atoms with Crippen LogP contribution in [0.5, 0.6) is 0 Å². The molecule has 0 radical (unpaired) electrons. The van der Waals surface area contributed by atoms with Crippen molar-refractivity contribution in [3.8, 4) is 0 Å². The zero-order valence-electron chi connectivity index (χ0n) is 13.4. The number of hydrogen-bond donors (Lipinski definition) is 2. The van der Waals surface area contributed by atoms with Crippen LogP contribution in [0.4, 0.5) is 5.69 Å². The zero-order valence-corrected chi connectivity index (χ0v) is 15.0. The molecule has 24 heavy (non-hydrogen) atoms. The topological polar surface area (TPSA) is 88.3 Å². The van der Waals surface area contributed by atoms with E-state index in [2.05, 4.69) is 9.71 Å². The van der Waals surface area contributed by atoms with Crippen LogP contribution in [0.1, 0.15) is 22.8 Å². The minimum atomic E-state index is -3.61. The van der Waals surface area contributed by atoms with Gasteiger partial charge in [-0.1, -0.05) is 19.1 Å². The molecule has 0 aliphatic carbocycles. The second-order valence-electron chi connectivity index (χ2n) is 5.11. The van der Waals surface area contributed by atoms with E-state index in [9.17, 15) is 13.2 Å². The van der Waals surface area contributed by atoms with E-state index in [1.807, 2.05) is 6.92 Å². The predicted molar refractivity (Wildman–Crippen MR) is 96.3 cm³/mol. The quantitative estimate of drug-likeness (QED) is 0.445.